The predicted molar refractivity (Wildman–Crippen MR) is 117 cm³/mol. The number of aryl methyl sites for hydroxylation is 1. The lowest BCUT2D eigenvalue weighted by atomic mass is 10.1. The number of ether oxygens (including phenoxy) is 1. The first-order valence-electron chi connectivity index (χ1n) is 10.1. The van der Waals surface area contributed by atoms with E-state index in [-0.39, 0.29) is 0 Å². The van der Waals surface area contributed by atoms with E-state index in [0.29, 0.717) is 32.1 Å². The second kappa shape index (κ2) is 9.80. The van der Waals surface area contributed by atoms with E-state index in [1.807, 2.05) is 36.4 Å². The molecule has 0 aliphatic rings. The van der Waals surface area contributed by atoms with Crippen LogP contribution in [0.3, 0.4) is 0 Å². The van der Waals surface area contributed by atoms with Crippen molar-refractivity contribution in [1.82, 2.24) is 25.3 Å². The van der Waals surface area contributed by atoms with Crippen molar-refractivity contribution in [3.8, 4) is 17.1 Å². The summed E-state index contributed by atoms with van der Waals surface area (Å²) in [6.45, 7) is 4.57. The Labute approximate surface area is 176 Å². The van der Waals surface area contributed by atoms with E-state index < -0.39 is 0 Å². The molecule has 0 unspecified atom stereocenters. The van der Waals surface area contributed by atoms with Crippen molar-refractivity contribution >= 4 is 0 Å². The summed E-state index contributed by atoms with van der Waals surface area (Å²) in [5.41, 5.74) is 5.31. The molecule has 30 heavy (non-hydrogen) atoms. The van der Waals surface area contributed by atoms with Crippen LogP contribution in [-0.2, 0) is 13.1 Å². The fourth-order valence-corrected chi connectivity index (χ4v) is 3.12. The van der Waals surface area contributed by atoms with Gasteiger partial charge in [0.05, 0.1) is 6.54 Å². The smallest absolute Gasteiger partial charge is 0.213 e. The van der Waals surface area contributed by atoms with Gasteiger partial charge in [-0.3, -0.25) is 0 Å². The van der Waals surface area contributed by atoms with E-state index in [1.165, 1.54) is 11.1 Å². The monoisotopic (exact) mass is 399 g/mol. The van der Waals surface area contributed by atoms with Crippen LogP contribution in [0, 0.1) is 6.92 Å². The van der Waals surface area contributed by atoms with E-state index in [4.69, 9.17) is 14.9 Å². The molecule has 2 aromatic heterocycles. The first-order chi connectivity index (χ1) is 14.8. The summed E-state index contributed by atoms with van der Waals surface area (Å²) in [6, 6.07) is 24.3. The van der Waals surface area contributed by atoms with Crippen LogP contribution in [0.5, 0.6) is 5.88 Å². The number of hydrogen-bond acceptors (Lipinski definition) is 5. The summed E-state index contributed by atoms with van der Waals surface area (Å²) in [7, 11) is 0. The van der Waals surface area contributed by atoms with Crippen LogP contribution in [0.2, 0.25) is 0 Å². The molecule has 152 valence electrons. The van der Waals surface area contributed by atoms with Gasteiger partial charge < -0.3 is 10.1 Å². The molecular formula is C24H25N5O. The Morgan fingerprint density at radius 3 is 2.47 bits per heavy atom. The van der Waals surface area contributed by atoms with Crippen molar-refractivity contribution in [2.24, 2.45) is 0 Å². The first kappa shape index (κ1) is 19.8. The van der Waals surface area contributed by atoms with Crippen molar-refractivity contribution in [2.75, 3.05) is 13.2 Å². The molecule has 6 heteroatoms. The van der Waals surface area contributed by atoms with Crippen molar-refractivity contribution in [3.63, 3.8) is 0 Å². The Hall–Kier alpha value is -3.51. The third-order valence-electron chi connectivity index (χ3n) is 4.68. The maximum Gasteiger partial charge on any atom is 0.213 e. The first-order valence-corrected chi connectivity index (χ1v) is 10.1. The maximum absolute atomic E-state index is 5.64. The van der Waals surface area contributed by atoms with Crippen molar-refractivity contribution in [1.29, 1.82) is 0 Å². The summed E-state index contributed by atoms with van der Waals surface area (Å²) in [5, 5.41) is 12.9. The van der Waals surface area contributed by atoms with E-state index in [0.717, 1.165) is 17.0 Å². The van der Waals surface area contributed by atoms with Crippen LogP contribution in [0.25, 0.3) is 11.3 Å². The molecule has 0 radical (unpaired) electrons. The Bertz CT molecular complexity index is 1050. The van der Waals surface area contributed by atoms with E-state index in [9.17, 15) is 0 Å². The third kappa shape index (κ3) is 5.30. The largest absolute Gasteiger partial charge is 0.476 e. The lowest BCUT2D eigenvalue weighted by molar-refractivity contribution is 0.302. The summed E-state index contributed by atoms with van der Waals surface area (Å²) >= 11 is 0. The molecule has 0 saturated carbocycles. The molecule has 2 aromatic carbocycles. The highest BCUT2D eigenvalue weighted by Crippen LogP contribution is 2.20. The zero-order valence-corrected chi connectivity index (χ0v) is 17.0. The topological polar surface area (TPSA) is 64.9 Å². The minimum atomic E-state index is 0.537. The maximum atomic E-state index is 5.64. The van der Waals surface area contributed by atoms with Crippen LogP contribution < -0.4 is 10.1 Å². The van der Waals surface area contributed by atoms with Gasteiger partial charge in [-0.05, 0) is 18.6 Å². The molecule has 0 aliphatic heterocycles. The normalized spacial score (nSPS) is 10.8. The molecular weight excluding hydrogens is 374 g/mol. The quantitative estimate of drug-likeness (QED) is 0.433. The molecule has 0 amide bonds. The zero-order chi connectivity index (χ0) is 20.6. The minimum absolute atomic E-state index is 0.537. The van der Waals surface area contributed by atoms with Crippen LogP contribution in [0.1, 0.15) is 16.8 Å². The summed E-state index contributed by atoms with van der Waals surface area (Å²) in [6.07, 6.45) is 1.72. The molecule has 4 rings (SSSR count). The fraction of sp³-hybridized carbons (Fsp3) is 0.208. The average Bonchev–Trinajstić information content (AvgIpc) is 3.19. The lowest BCUT2D eigenvalue weighted by Gasteiger charge is -2.06. The molecule has 0 bridgehead atoms. The van der Waals surface area contributed by atoms with E-state index in [1.54, 1.807) is 11.0 Å². The molecule has 4 aromatic rings. The number of nitrogens with one attached hydrogen (secondary N) is 1. The zero-order valence-electron chi connectivity index (χ0n) is 17.0. The Kier molecular flexibility index (Phi) is 6.47. The average molecular weight is 399 g/mol. The van der Waals surface area contributed by atoms with Gasteiger partial charge >= 0.3 is 0 Å². The minimum Gasteiger partial charge on any atom is -0.476 e. The van der Waals surface area contributed by atoms with Gasteiger partial charge in [-0.25, -0.2) is 4.98 Å². The van der Waals surface area contributed by atoms with Crippen molar-refractivity contribution in [3.05, 3.63) is 95.8 Å². The highest BCUT2D eigenvalue weighted by Gasteiger charge is 2.13. The standard InChI is InChI=1S/C24H25N5O/c1-19-10-12-20(13-11-19)18-29-27-22(24(28-29)21-7-3-2-4-8-21)17-25-15-16-30-23-9-5-6-14-26-23/h2-14,25H,15-18H2,1H3. The number of hydrogen-bond donors (Lipinski definition) is 1. The Balaban J connectivity index is 1.42. The van der Waals surface area contributed by atoms with Gasteiger partial charge in [0, 0.05) is 30.9 Å². The summed E-state index contributed by atoms with van der Waals surface area (Å²) in [4.78, 5) is 5.93. The van der Waals surface area contributed by atoms with Gasteiger partial charge in [-0.1, -0.05) is 66.2 Å². The highest BCUT2D eigenvalue weighted by atomic mass is 16.5. The SMILES string of the molecule is Cc1ccc(Cn2nc(CNCCOc3ccccn3)c(-c3ccccc3)n2)cc1. The van der Waals surface area contributed by atoms with Crippen molar-refractivity contribution < 1.29 is 4.74 Å². The molecule has 0 fully saturated rings. The number of benzene rings is 2. The second-order valence-corrected chi connectivity index (χ2v) is 7.07. The highest BCUT2D eigenvalue weighted by molar-refractivity contribution is 5.60. The Morgan fingerprint density at radius 2 is 1.70 bits per heavy atom. The molecule has 6 nitrogen and oxygen atoms in total. The van der Waals surface area contributed by atoms with Crippen LogP contribution in [-0.4, -0.2) is 33.1 Å². The fourth-order valence-electron chi connectivity index (χ4n) is 3.12. The van der Waals surface area contributed by atoms with Crippen LogP contribution in [0.15, 0.2) is 79.0 Å². The molecule has 2 heterocycles. The van der Waals surface area contributed by atoms with Gasteiger partial charge in [0.25, 0.3) is 0 Å². The lowest BCUT2D eigenvalue weighted by Crippen LogP contribution is -2.21. The summed E-state index contributed by atoms with van der Waals surface area (Å²) < 4.78 is 5.64. The van der Waals surface area contributed by atoms with Gasteiger partial charge in [0.1, 0.15) is 18.0 Å². The van der Waals surface area contributed by atoms with Gasteiger partial charge in [0.15, 0.2) is 0 Å². The van der Waals surface area contributed by atoms with Gasteiger partial charge in [-0.2, -0.15) is 15.0 Å². The molecule has 0 saturated heterocycles. The van der Waals surface area contributed by atoms with Gasteiger partial charge in [0.2, 0.25) is 5.88 Å². The molecule has 1 N–H and O–H groups in total. The van der Waals surface area contributed by atoms with Crippen molar-refractivity contribution in [2.45, 2.75) is 20.0 Å². The second-order valence-electron chi connectivity index (χ2n) is 7.07. The molecule has 0 aliphatic carbocycles. The number of aromatic nitrogens is 4. The van der Waals surface area contributed by atoms with E-state index >= 15 is 0 Å². The number of nitrogens with zero attached hydrogens (tertiary/aromatic N) is 4. The van der Waals surface area contributed by atoms with Crippen LogP contribution in [0.4, 0.5) is 0 Å². The number of pyridine rings is 1. The number of rotatable bonds is 9. The Morgan fingerprint density at radius 1 is 0.900 bits per heavy atom. The summed E-state index contributed by atoms with van der Waals surface area (Å²) in [5.74, 6) is 0.633. The molecule has 0 spiro atoms. The van der Waals surface area contributed by atoms with E-state index in [2.05, 4.69) is 53.6 Å². The molecule has 0 atom stereocenters. The predicted octanol–water partition coefficient (Wildman–Crippen LogP) is 3.87. The van der Waals surface area contributed by atoms with Crippen LogP contribution >= 0.6 is 0 Å². The third-order valence-corrected chi connectivity index (χ3v) is 4.68. The van der Waals surface area contributed by atoms with Gasteiger partial charge in [-0.15, -0.1) is 0 Å².